The number of hydrogen-bond acceptors (Lipinski definition) is 6. The quantitative estimate of drug-likeness (QED) is 0.401. The van der Waals surface area contributed by atoms with E-state index in [1.165, 1.54) is 14.2 Å². The number of carboxylic acid groups (broad SMARTS) is 1. The smallest absolute Gasteiger partial charge is 0.408 e. The highest BCUT2D eigenvalue weighted by molar-refractivity contribution is 14.1. The van der Waals surface area contributed by atoms with Crippen molar-refractivity contribution in [2.75, 3.05) is 27.6 Å². The van der Waals surface area contributed by atoms with Gasteiger partial charge in [-0.15, -0.1) is 0 Å². The Morgan fingerprint density at radius 2 is 1.89 bits per heavy atom. The summed E-state index contributed by atoms with van der Waals surface area (Å²) < 4.78 is 21.5. The molecule has 0 radical (unpaired) electrons. The van der Waals surface area contributed by atoms with Crippen molar-refractivity contribution < 1.29 is 33.6 Å². The van der Waals surface area contributed by atoms with Crippen LogP contribution in [0.3, 0.4) is 0 Å². The zero-order valence-corrected chi connectivity index (χ0v) is 18.2. The number of aliphatic carboxylic acids is 1. The number of amides is 1. The molecule has 0 heterocycles. The first-order valence-electron chi connectivity index (χ1n) is 8.21. The van der Waals surface area contributed by atoms with Crippen molar-refractivity contribution in [1.82, 2.24) is 5.32 Å². The number of methoxy groups -OCH3 is 2. The second-order valence-electron chi connectivity index (χ2n) is 6.76. The number of benzene rings is 1. The summed E-state index contributed by atoms with van der Waals surface area (Å²) in [7, 11) is 3.00. The van der Waals surface area contributed by atoms with E-state index in [0.29, 0.717) is 11.3 Å². The van der Waals surface area contributed by atoms with E-state index in [-0.39, 0.29) is 13.4 Å². The molecule has 1 rings (SSSR count). The van der Waals surface area contributed by atoms with Crippen molar-refractivity contribution in [3.63, 3.8) is 0 Å². The molecular weight excluding hydrogens is 469 g/mol. The summed E-state index contributed by atoms with van der Waals surface area (Å²) in [6.07, 6.45) is -0.800. The van der Waals surface area contributed by atoms with Crippen molar-refractivity contribution in [1.29, 1.82) is 0 Å². The van der Waals surface area contributed by atoms with E-state index < -0.39 is 29.6 Å². The molecule has 8 nitrogen and oxygen atoms in total. The topological polar surface area (TPSA) is 103 Å². The molecule has 1 aromatic rings. The van der Waals surface area contributed by atoms with Crippen LogP contribution in [0, 0.1) is 3.57 Å². The molecule has 2 atom stereocenters. The highest BCUT2D eigenvalue weighted by Gasteiger charge is 2.33. The van der Waals surface area contributed by atoms with Crippen molar-refractivity contribution in [2.24, 2.45) is 0 Å². The van der Waals surface area contributed by atoms with Gasteiger partial charge in [-0.25, -0.2) is 9.59 Å². The minimum atomic E-state index is -1.22. The van der Waals surface area contributed by atoms with Gasteiger partial charge in [-0.3, -0.25) is 0 Å². The van der Waals surface area contributed by atoms with Crippen LogP contribution in [0.1, 0.15) is 32.3 Å². The second-order valence-corrected chi connectivity index (χ2v) is 7.93. The fourth-order valence-corrected chi connectivity index (χ4v) is 3.02. The van der Waals surface area contributed by atoms with Gasteiger partial charge in [-0.2, -0.15) is 0 Å². The Hall–Kier alpha value is -1.59. The fourth-order valence-electron chi connectivity index (χ4n) is 2.32. The molecular formula is C18H26INO7. The summed E-state index contributed by atoms with van der Waals surface area (Å²) in [5, 5.41) is 12.1. The Morgan fingerprint density at radius 3 is 2.37 bits per heavy atom. The molecule has 9 heteroatoms. The minimum Gasteiger partial charge on any atom is -0.480 e. The van der Waals surface area contributed by atoms with Crippen LogP contribution in [-0.2, 0) is 19.0 Å². The van der Waals surface area contributed by atoms with Crippen molar-refractivity contribution in [2.45, 2.75) is 38.3 Å². The van der Waals surface area contributed by atoms with Gasteiger partial charge in [0.15, 0.2) is 6.79 Å². The van der Waals surface area contributed by atoms with Gasteiger partial charge in [0, 0.05) is 20.1 Å². The molecule has 0 aliphatic rings. The average molecular weight is 495 g/mol. The highest BCUT2D eigenvalue weighted by atomic mass is 127. The highest BCUT2D eigenvalue weighted by Crippen LogP contribution is 2.28. The van der Waals surface area contributed by atoms with Gasteiger partial charge in [0.2, 0.25) is 0 Å². The number of alkyl carbamates (subject to hydrolysis) is 1. The second kappa shape index (κ2) is 10.7. The molecule has 0 saturated heterocycles. The zero-order chi connectivity index (χ0) is 20.6. The molecule has 2 unspecified atom stereocenters. The SMILES string of the molecule is COCOc1ccc(C(COC)C(NC(=O)OC(C)(C)C)C(=O)O)cc1I. The maximum absolute atomic E-state index is 12.1. The summed E-state index contributed by atoms with van der Waals surface area (Å²) in [6.45, 7) is 5.32. The number of hydrogen-bond donors (Lipinski definition) is 2. The van der Waals surface area contributed by atoms with Gasteiger partial charge in [-0.1, -0.05) is 6.07 Å². The summed E-state index contributed by atoms with van der Waals surface area (Å²) in [5.41, 5.74) is -0.0472. The normalized spacial score (nSPS) is 13.6. The third kappa shape index (κ3) is 7.89. The lowest BCUT2D eigenvalue weighted by atomic mass is 9.92. The third-order valence-electron chi connectivity index (χ3n) is 3.40. The van der Waals surface area contributed by atoms with E-state index in [1.54, 1.807) is 39.0 Å². The Labute approximate surface area is 172 Å². The zero-order valence-electron chi connectivity index (χ0n) is 16.1. The molecule has 27 heavy (non-hydrogen) atoms. The van der Waals surface area contributed by atoms with Crippen LogP contribution >= 0.6 is 22.6 Å². The largest absolute Gasteiger partial charge is 0.480 e. The first-order valence-corrected chi connectivity index (χ1v) is 9.29. The van der Waals surface area contributed by atoms with E-state index in [4.69, 9.17) is 18.9 Å². The molecule has 152 valence electrons. The van der Waals surface area contributed by atoms with Crippen LogP contribution in [0.2, 0.25) is 0 Å². The van der Waals surface area contributed by atoms with E-state index >= 15 is 0 Å². The predicted octanol–water partition coefficient (Wildman–Crippen LogP) is 2.98. The van der Waals surface area contributed by atoms with Crippen molar-refractivity contribution in [3.8, 4) is 5.75 Å². The van der Waals surface area contributed by atoms with Gasteiger partial charge < -0.3 is 29.4 Å². The number of rotatable bonds is 9. The Bertz CT molecular complexity index is 645. The lowest BCUT2D eigenvalue weighted by Crippen LogP contribution is -2.47. The molecule has 0 fully saturated rings. The Kier molecular flexibility index (Phi) is 9.27. The first-order chi connectivity index (χ1) is 12.6. The van der Waals surface area contributed by atoms with Crippen LogP contribution in [0.4, 0.5) is 4.79 Å². The summed E-state index contributed by atoms with van der Waals surface area (Å²) >= 11 is 2.09. The average Bonchev–Trinajstić information content (AvgIpc) is 2.55. The van der Waals surface area contributed by atoms with Crippen LogP contribution < -0.4 is 10.1 Å². The van der Waals surface area contributed by atoms with Crippen LogP contribution in [0.15, 0.2) is 18.2 Å². The van der Waals surface area contributed by atoms with Crippen molar-refractivity contribution >= 4 is 34.7 Å². The molecule has 1 amide bonds. The van der Waals surface area contributed by atoms with Crippen molar-refractivity contribution in [3.05, 3.63) is 27.3 Å². The molecule has 0 aromatic heterocycles. The van der Waals surface area contributed by atoms with Gasteiger partial charge in [-0.05, 0) is 61.1 Å². The van der Waals surface area contributed by atoms with Crippen LogP contribution in [0.25, 0.3) is 0 Å². The maximum atomic E-state index is 12.1. The number of carboxylic acids is 1. The molecule has 0 aliphatic heterocycles. The standard InChI is InChI=1S/C18H26INO7/c1-18(2,3)27-17(23)20-15(16(21)22)12(9-24-4)11-6-7-14(13(19)8-11)26-10-25-5/h6-8,12,15H,9-10H2,1-5H3,(H,20,23)(H,21,22). The molecule has 0 aliphatic carbocycles. The Balaban J connectivity index is 3.09. The number of carbonyl (C=O) groups excluding carboxylic acids is 1. The minimum absolute atomic E-state index is 0.0983. The molecule has 0 bridgehead atoms. The number of halogens is 1. The maximum Gasteiger partial charge on any atom is 0.408 e. The summed E-state index contributed by atoms with van der Waals surface area (Å²) in [6, 6.07) is 4.04. The lowest BCUT2D eigenvalue weighted by Gasteiger charge is -2.27. The van der Waals surface area contributed by atoms with Gasteiger partial charge in [0.1, 0.15) is 17.4 Å². The van der Waals surface area contributed by atoms with Crippen LogP contribution in [0.5, 0.6) is 5.75 Å². The third-order valence-corrected chi connectivity index (χ3v) is 4.25. The predicted molar refractivity (Wildman–Crippen MR) is 107 cm³/mol. The summed E-state index contributed by atoms with van der Waals surface area (Å²) in [5.74, 6) is -1.19. The Morgan fingerprint density at radius 1 is 1.22 bits per heavy atom. The lowest BCUT2D eigenvalue weighted by molar-refractivity contribution is -0.140. The molecule has 0 spiro atoms. The number of nitrogens with one attached hydrogen (secondary N) is 1. The molecule has 0 saturated carbocycles. The van der Waals surface area contributed by atoms with E-state index in [9.17, 15) is 14.7 Å². The van der Waals surface area contributed by atoms with E-state index in [2.05, 4.69) is 27.9 Å². The monoisotopic (exact) mass is 495 g/mol. The van der Waals surface area contributed by atoms with Gasteiger partial charge in [0.05, 0.1) is 10.2 Å². The molecule has 2 N–H and O–H groups in total. The molecule has 1 aromatic carbocycles. The fraction of sp³-hybridized carbons (Fsp3) is 0.556. The van der Waals surface area contributed by atoms with Gasteiger partial charge in [0.25, 0.3) is 0 Å². The number of ether oxygens (including phenoxy) is 4. The summed E-state index contributed by atoms with van der Waals surface area (Å²) in [4.78, 5) is 23.9. The van der Waals surface area contributed by atoms with E-state index in [0.717, 1.165) is 3.57 Å². The number of carbonyl (C=O) groups is 2. The van der Waals surface area contributed by atoms with Crippen LogP contribution in [-0.4, -0.2) is 56.4 Å². The first kappa shape index (κ1) is 23.4. The van der Waals surface area contributed by atoms with E-state index in [1.807, 2.05) is 0 Å². The van der Waals surface area contributed by atoms with Gasteiger partial charge >= 0.3 is 12.1 Å².